The Morgan fingerprint density at radius 3 is 2.74 bits per heavy atom. The number of aliphatic hydroxyl groups excluding tert-OH is 1. The van der Waals surface area contributed by atoms with E-state index >= 15 is 0 Å². The summed E-state index contributed by atoms with van der Waals surface area (Å²) in [5.74, 6) is 0.825. The molecule has 0 aliphatic rings. The van der Waals surface area contributed by atoms with Crippen molar-refractivity contribution < 1.29 is 9.63 Å². The first-order chi connectivity index (χ1) is 9.35. The number of nitrogens with zero attached hydrogens (tertiary/aromatic N) is 2. The summed E-state index contributed by atoms with van der Waals surface area (Å²) in [6, 6.07) is 8.11. The fourth-order valence-electron chi connectivity index (χ4n) is 2.13. The van der Waals surface area contributed by atoms with Crippen LogP contribution in [0.15, 0.2) is 28.8 Å². The van der Waals surface area contributed by atoms with Gasteiger partial charge in [-0.05, 0) is 18.4 Å². The zero-order valence-corrected chi connectivity index (χ0v) is 11.3. The van der Waals surface area contributed by atoms with E-state index in [-0.39, 0.29) is 12.5 Å². The molecule has 0 spiro atoms. The summed E-state index contributed by atoms with van der Waals surface area (Å²) >= 11 is 0. The van der Waals surface area contributed by atoms with Crippen molar-refractivity contribution in [1.82, 2.24) is 10.1 Å². The van der Waals surface area contributed by atoms with Crippen molar-refractivity contribution in [3.63, 3.8) is 0 Å². The van der Waals surface area contributed by atoms with Crippen LogP contribution in [0.5, 0.6) is 0 Å². The lowest BCUT2D eigenvalue weighted by Gasteiger charge is -2.05. The van der Waals surface area contributed by atoms with Crippen LogP contribution < -0.4 is 0 Å². The van der Waals surface area contributed by atoms with E-state index in [1.165, 1.54) is 31.2 Å². The Balaban J connectivity index is 2.11. The molecule has 0 atom stereocenters. The third-order valence-electron chi connectivity index (χ3n) is 3.16. The topological polar surface area (TPSA) is 59.2 Å². The van der Waals surface area contributed by atoms with Crippen LogP contribution in [0.4, 0.5) is 0 Å². The highest BCUT2D eigenvalue weighted by atomic mass is 16.5. The summed E-state index contributed by atoms with van der Waals surface area (Å²) < 4.78 is 4.96. The predicted molar refractivity (Wildman–Crippen MR) is 73.5 cm³/mol. The molecule has 1 heterocycles. The molecule has 4 nitrogen and oxygen atoms in total. The van der Waals surface area contributed by atoms with Crippen LogP contribution in [-0.4, -0.2) is 15.2 Å². The lowest BCUT2D eigenvalue weighted by molar-refractivity contribution is 0.222. The van der Waals surface area contributed by atoms with E-state index < -0.39 is 0 Å². The zero-order valence-electron chi connectivity index (χ0n) is 11.3. The third kappa shape index (κ3) is 3.64. The number of aryl methyl sites for hydroxylation is 1. The highest BCUT2D eigenvalue weighted by Crippen LogP contribution is 2.22. The zero-order chi connectivity index (χ0) is 13.5. The predicted octanol–water partition coefficient (Wildman–Crippen LogP) is 3.35. The lowest BCUT2D eigenvalue weighted by Crippen LogP contribution is -1.92. The molecule has 0 unspecified atom stereocenters. The molecule has 0 fully saturated rings. The standard InChI is InChI=1S/C15H20N2O2/c1-2-3-4-5-8-12-9-6-7-10-13(12)15-16-14(11-18)19-17-15/h6-7,9-10,18H,2-5,8,11H2,1H3. The minimum atomic E-state index is -0.217. The molecule has 0 aliphatic carbocycles. The molecule has 0 radical (unpaired) electrons. The number of benzene rings is 1. The van der Waals surface area contributed by atoms with Crippen LogP contribution in [-0.2, 0) is 13.0 Å². The molecule has 0 saturated heterocycles. The summed E-state index contributed by atoms with van der Waals surface area (Å²) in [6.07, 6.45) is 5.97. The highest BCUT2D eigenvalue weighted by molar-refractivity contribution is 5.59. The monoisotopic (exact) mass is 260 g/mol. The van der Waals surface area contributed by atoms with Crippen molar-refractivity contribution in [2.45, 2.75) is 45.6 Å². The minimum Gasteiger partial charge on any atom is -0.387 e. The molecule has 19 heavy (non-hydrogen) atoms. The molecule has 4 heteroatoms. The van der Waals surface area contributed by atoms with E-state index in [0.717, 1.165) is 12.0 Å². The molecule has 0 aliphatic heterocycles. The van der Waals surface area contributed by atoms with E-state index in [1.807, 2.05) is 18.2 Å². The van der Waals surface area contributed by atoms with Gasteiger partial charge < -0.3 is 9.63 Å². The molecule has 0 amide bonds. The maximum Gasteiger partial charge on any atom is 0.252 e. The first-order valence-electron chi connectivity index (χ1n) is 6.87. The molecule has 0 saturated carbocycles. The first kappa shape index (κ1) is 13.7. The second kappa shape index (κ2) is 7.04. The lowest BCUT2D eigenvalue weighted by atomic mass is 10.0. The number of aliphatic hydroxyl groups is 1. The molecule has 1 aromatic carbocycles. The average molecular weight is 260 g/mol. The van der Waals surface area contributed by atoms with Crippen LogP contribution in [0.3, 0.4) is 0 Å². The second-order valence-corrected chi connectivity index (χ2v) is 4.64. The van der Waals surface area contributed by atoms with E-state index in [2.05, 4.69) is 23.1 Å². The SMILES string of the molecule is CCCCCCc1ccccc1-c1noc(CO)n1. The number of aromatic nitrogens is 2. The van der Waals surface area contributed by atoms with Gasteiger partial charge in [-0.1, -0.05) is 55.6 Å². The Kier molecular flexibility index (Phi) is 5.10. The van der Waals surface area contributed by atoms with Crippen LogP contribution >= 0.6 is 0 Å². The third-order valence-corrected chi connectivity index (χ3v) is 3.16. The fraction of sp³-hybridized carbons (Fsp3) is 0.467. The molecular formula is C15H20N2O2. The number of hydrogen-bond acceptors (Lipinski definition) is 4. The Labute approximate surface area is 113 Å². The van der Waals surface area contributed by atoms with E-state index in [4.69, 9.17) is 9.63 Å². The smallest absolute Gasteiger partial charge is 0.252 e. The van der Waals surface area contributed by atoms with Crippen molar-refractivity contribution in [3.05, 3.63) is 35.7 Å². The summed E-state index contributed by atoms with van der Waals surface area (Å²) in [4.78, 5) is 4.18. The molecule has 102 valence electrons. The van der Waals surface area contributed by atoms with Gasteiger partial charge in [0.05, 0.1) is 0 Å². The van der Waals surface area contributed by atoms with Crippen molar-refractivity contribution in [1.29, 1.82) is 0 Å². The Morgan fingerprint density at radius 1 is 1.16 bits per heavy atom. The number of unbranched alkanes of at least 4 members (excludes halogenated alkanes) is 3. The van der Waals surface area contributed by atoms with Gasteiger partial charge in [-0.25, -0.2) is 0 Å². The van der Waals surface area contributed by atoms with Gasteiger partial charge in [-0.3, -0.25) is 0 Å². The molecule has 2 aromatic rings. The van der Waals surface area contributed by atoms with Crippen LogP contribution in [0.25, 0.3) is 11.4 Å². The fourth-order valence-corrected chi connectivity index (χ4v) is 2.13. The van der Waals surface area contributed by atoms with Gasteiger partial charge in [0.15, 0.2) is 0 Å². The number of hydrogen-bond donors (Lipinski definition) is 1. The van der Waals surface area contributed by atoms with Crippen LogP contribution in [0.2, 0.25) is 0 Å². The van der Waals surface area contributed by atoms with Crippen molar-refractivity contribution in [2.24, 2.45) is 0 Å². The van der Waals surface area contributed by atoms with Crippen molar-refractivity contribution in [3.8, 4) is 11.4 Å². The highest BCUT2D eigenvalue weighted by Gasteiger charge is 2.11. The van der Waals surface area contributed by atoms with Gasteiger partial charge in [0.1, 0.15) is 6.61 Å². The quantitative estimate of drug-likeness (QED) is 0.775. The van der Waals surface area contributed by atoms with Crippen molar-refractivity contribution in [2.75, 3.05) is 0 Å². The molecule has 1 N–H and O–H groups in total. The summed E-state index contributed by atoms with van der Waals surface area (Å²) in [5.41, 5.74) is 2.24. The van der Waals surface area contributed by atoms with Gasteiger partial charge in [0.25, 0.3) is 5.89 Å². The summed E-state index contributed by atoms with van der Waals surface area (Å²) in [5, 5.41) is 12.9. The summed E-state index contributed by atoms with van der Waals surface area (Å²) in [6.45, 7) is 2.00. The van der Waals surface area contributed by atoms with Gasteiger partial charge in [-0.2, -0.15) is 4.98 Å². The van der Waals surface area contributed by atoms with Gasteiger partial charge in [-0.15, -0.1) is 0 Å². The first-order valence-corrected chi connectivity index (χ1v) is 6.87. The summed E-state index contributed by atoms with van der Waals surface area (Å²) in [7, 11) is 0. The molecule has 2 rings (SSSR count). The maximum atomic E-state index is 8.97. The largest absolute Gasteiger partial charge is 0.387 e. The second-order valence-electron chi connectivity index (χ2n) is 4.64. The van der Waals surface area contributed by atoms with E-state index in [1.54, 1.807) is 0 Å². The minimum absolute atomic E-state index is 0.217. The Bertz CT molecular complexity index is 508. The molecule has 0 bridgehead atoms. The maximum absolute atomic E-state index is 8.97. The molecular weight excluding hydrogens is 240 g/mol. The van der Waals surface area contributed by atoms with Crippen molar-refractivity contribution >= 4 is 0 Å². The normalized spacial score (nSPS) is 10.8. The number of rotatable bonds is 7. The van der Waals surface area contributed by atoms with Gasteiger partial charge in [0, 0.05) is 5.56 Å². The van der Waals surface area contributed by atoms with Gasteiger partial charge in [0.2, 0.25) is 5.82 Å². The van der Waals surface area contributed by atoms with E-state index in [0.29, 0.717) is 5.82 Å². The molecule has 1 aromatic heterocycles. The van der Waals surface area contributed by atoms with Gasteiger partial charge >= 0.3 is 0 Å². The average Bonchev–Trinajstić information content (AvgIpc) is 2.93. The van der Waals surface area contributed by atoms with E-state index in [9.17, 15) is 0 Å². The Morgan fingerprint density at radius 2 is 2.00 bits per heavy atom. The van der Waals surface area contributed by atoms with Crippen LogP contribution in [0.1, 0.15) is 44.1 Å². The van der Waals surface area contributed by atoms with Crippen LogP contribution in [0, 0.1) is 0 Å². The Hall–Kier alpha value is -1.68.